The quantitative estimate of drug-likeness (QED) is 0.646. The lowest BCUT2D eigenvalue weighted by Gasteiger charge is -2.30. The molecule has 0 aliphatic carbocycles. The number of carbonyl (C=O) groups is 1. The van der Waals surface area contributed by atoms with Gasteiger partial charge in [-0.25, -0.2) is 18.4 Å². The molecular formula is C16H20BrN5O3S2. The van der Waals surface area contributed by atoms with Crippen LogP contribution in [-0.2, 0) is 14.8 Å². The molecule has 0 unspecified atom stereocenters. The van der Waals surface area contributed by atoms with Crippen LogP contribution in [0.25, 0.3) is 0 Å². The van der Waals surface area contributed by atoms with E-state index in [0.717, 1.165) is 15.2 Å². The molecule has 0 bridgehead atoms. The second-order valence-corrected chi connectivity index (χ2v) is 11.0. The van der Waals surface area contributed by atoms with E-state index in [9.17, 15) is 13.2 Å². The van der Waals surface area contributed by atoms with Crippen molar-refractivity contribution >= 4 is 49.1 Å². The molecule has 27 heavy (non-hydrogen) atoms. The third kappa shape index (κ3) is 4.84. The third-order valence-corrected chi connectivity index (χ3v) is 8.13. The first-order chi connectivity index (χ1) is 12.8. The molecule has 0 aromatic carbocycles. The summed E-state index contributed by atoms with van der Waals surface area (Å²) < 4.78 is 28.0. The summed E-state index contributed by atoms with van der Waals surface area (Å²) in [7, 11) is -3.59. The lowest BCUT2D eigenvalue weighted by Crippen LogP contribution is -2.46. The van der Waals surface area contributed by atoms with Gasteiger partial charge in [0.05, 0.1) is 9.70 Å². The first kappa shape index (κ1) is 20.2. The molecule has 2 aromatic heterocycles. The van der Waals surface area contributed by atoms with E-state index < -0.39 is 15.9 Å². The Morgan fingerprint density at radius 3 is 2.63 bits per heavy atom. The smallest absolute Gasteiger partial charge is 0.252 e. The average molecular weight is 474 g/mol. The number of aromatic nitrogens is 2. The Bertz CT molecular complexity index is 927. The van der Waals surface area contributed by atoms with Crippen molar-refractivity contribution in [3.63, 3.8) is 0 Å². The molecule has 2 N–H and O–H groups in total. The molecular weight excluding hydrogens is 454 g/mol. The lowest BCUT2D eigenvalue weighted by atomic mass is 9.99. The van der Waals surface area contributed by atoms with Crippen LogP contribution >= 0.6 is 27.3 Å². The van der Waals surface area contributed by atoms with Crippen molar-refractivity contribution in [2.75, 3.05) is 18.5 Å². The Morgan fingerprint density at radius 1 is 1.30 bits per heavy atom. The summed E-state index contributed by atoms with van der Waals surface area (Å²) in [4.78, 5) is 20.9. The SMILES string of the molecule is Cc1cc(C)nc(NNC(=O)[C@@H]2CCCN(S(=O)(=O)c3ccc(Br)s3)C2)n1. The predicted octanol–water partition coefficient (Wildman–Crippen LogP) is 2.46. The summed E-state index contributed by atoms with van der Waals surface area (Å²) in [6.45, 7) is 4.25. The van der Waals surface area contributed by atoms with Gasteiger partial charge in [-0.1, -0.05) is 0 Å². The fourth-order valence-electron chi connectivity index (χ4n) is 2.94. The summed E-state index contributed by atoms with van der Waals surface area (Å²) in [5.41, 5.74) is 6.89. The van der Waals surface area contributed by atoms with E-state index in [4.69, 9.17) is 0 Å². The highest BCUT2D eigenvalue weighted by Gasteiger charge is 2.34. The summed E-state index contributed by atoms with van der Waals surface area (Å²) in [5.74, 6) is -0.398. The predicted molar refractivity (Wildman–Crippen MR) is 107 cm³/mol. The fraction of sp³-hybridized carbons (Fsp3) is 0.438. The molecule has 0 spiro atoms. The Labute approximate surface area is 170 Å². The fourth-order valence-corrected chi connectivity index (χ4v) is 6.63. The maximum absolute atomic E-state index is 12.8. The van der Waals surface area contributed by atoms with E-state index in [2.05, 4.69) is 36.7 Å². The van der Waals surface area contributed by atoms with Gasteiger partial charge in [-0.3, -0.25) is 15.6 Å². The minimum Gasteiger partial charge on any atom is -0.273 e. The molecule has 11 heteroatoms. The van der Waals surface area contributed by atoms with Crippen LogP contribution in [0.5, 0.6) is 0 Å². The first-order valence-corrected chi connectivity index (χ1v) is 11.4. The molecule has 8 nitrogen and oxygen atoms in total. The maximum Gasteiger partial charge on any atom is 0.252 e. The number of amides is 1. The van der Waals surface area contributed by atoms with E-state index in [1.807, 2.05) is 19.9 Å². The molecule has 1 aliphatic heterocycles. The number of anilines is 1. The molecule has 0 radical (unpaired) electrons. The Hall–Kier alpha value is -1.56. The van der Waals surface area contributed by atoms with Gasteiger partial charge in [0, 0.05) is 24.5 Å². The molecule has 1 saturated heterocycles. The number of carbonyl (C=O) groups excluding carboxylic acids is 1. The Balaban J connectivity index is 1.64. The number of hydrogen-bond acceptors (Lipinski definition) is 7. The van der Waals surface area contributed by atoms with E-state index in [-0.39, 0.29) is 16.7 Å². The van der Waals surface area contributed by atoms with Crippen LogP contribution in [0, 0.1) is 19.8 Å². The van der Waals surface area contributed by atoms with Crippen LogP contribution in [0.15, 0.2) is 26.2 Å². The van der Waals surface area contributed by atoms with Gasteiger partial charge in [-0.2, -0.15) is 4.31 Å². The van der Waals surface area contributed by atoms with Crippen molar-refractivity contribution in [1.29, 1.82) is 0 Å². The van der Waals surface area contributed by atoms with Gasteiger partial charge in [0.15, 0.2) is 0 Å². The second kappa shape index (κ2) is 8.21. The van der Waals surface area contributed by atoms with Gasteiger partial charge in [0.2, 0.25) is 11.9 Å². The lowest BCUT2D eigenvalue weighted by molar-refractivity contribution is -0.125. The van der Waals surface area contributed by atoms with Crippen LogP contribution in [-0.4, -0.2) is 41.7 Å². The molecule has 0 saturated carbocycles. The van der Waals surface area contributed by atoms with Crippen molar-refractivity contribution in [2.45, 2.75) is 30.9 Å². The number of piperidine rings is 1. The molecule has 1 atom stereocenters. The largest absolute Gasteiger partial charge is 0.273 e. The van der Waals surface area contributed by atoms with Gasteiger partial charge in [-0.15, -0.1) is 11.3 Å². The summed E-state index contributed by atoms with van der Waals surface area (Å²) in [6, 6.07) is 5.12. The van der Waals surface area contributed by atoms with Crippen molar-refractivity contribution in [3.05, 3.63) is 33.4 Å². The number of nitrogens with one attached hydrogen (secondary N) is 2. The highest BCUT2D eigenvalue weighted by Crippen LogP contribution is 2.30. The summed E-state index contributed by atoms with van der Waals surface area (Å²) >= 11 is 4.45. The first-order valence-electron chi connectivity index (χ1n) is 8.39. The van der Waals surface area contributed by atoms with Gasteiger partial charge >= 0.3 is 0 Å². The number of hydrazine groups is 1. The number of rotatable bonds is 5. The van der Waals surface area contributed by atoms with Gasteiger partial charge in [-0.05, 0) is 60.8 Å². The maximum atomic E-state index is 12.8. The van der Waals surface area contributed by atoms with E-state index in [0.29, 0.717) is 25.3 Å². The highest BCUT2D eigenvalue weighted by atomic mass is 79.9. The average Bonchev–Trinajstić information content (AvgIpc) is 3.06. The Kier molecular flexibility index (Phi) is 6.14. The monoisotopic (exact) mass is 473 g/mol. The molecule has 3 heterocycles. The molecule has 1 fully saturated rings. The molecule has 3 rings (SSSR count). The van der Waals surface area contributed by atoms with Crippen molar-refractivity contribution < 1.29 is 13.2 Å². The summed E-state index contributed by atoms with van der Waals surface area (Å²) in [6.07, 6.45) is 1.26. The van der Waals surface area contributed by atoms with E-state index in [1.165, 1.54) is 15.6 Å². The topological polar surface area (TPSA) is 104 Å². The minimum absolute atomic E-state index is 0.152. The van der Waals surface area contributed by atoms with E-state index >= 15 is 0 Å². The zero-order chi connectivity index (χ0) is 19.6. The Morgan fingerprint density at radius 2 is 2.00 bits per heavy atom. The van der Waals surface area contributed by atoms with E-state index in [1.54, 1.807) is 12.1 Å². The van der Waals surface area contributed by atoms with Crippen LogP contribution < -0.4 is 10.9 Å². The van der Waals surface area contributed by atoms with Crippen molar-refractivity contribution in [2.24, 2.45) is 5.92 Å². The third-order valence-electron chi connectivity index (χ3n) is 4.18. The normalized spacial score (nSPS) is 18.3. The van der Waals surface area contributed by atoms with Crippen LogP contribution in [0.1, 0.15) is 24.2 Å². The van der Waals surface area contributed by atoms with Crippen LogP contribution in [0.4, 0.5) is 5.95 Å². The standard InChI is InChI=1S/C16H20BrN5O3S2/c1-10-8-11(2)19-16(18-10)21-20-15(23)12-4-3-7-22(9-12)27(24,25)14-6-5-13(17)26-14/h5-6,8,12H,3-4,7,9H2,1-2H3,(H,20,23)(H,18,19,21)/t12-/m1/s1. The van der Waals surface area contributed by atoms with Gasteiger partial charge < -0.3 is 0 Å². The zero-order valence-electron chi connectivity index (χ0n) is 14.9. The second-order valence-electron chi connectivity index (χ2n) is 6.35. The van der Waals surface area contributed by atoms with Gasteiger partial charge in [0.25, 0.3) is 10.0 Å². The molecule has 1 amide bonds. The number of halogens is 1. The van der Waals surface area contributed by atoms with Crippen molar-refractivity contribution in [3.8, 4) is 0 Å². The zero-order valence-corrected chi connectivity index (χ0v) is 18.1. The summed E-state index contributed by atoms with van der Waals surface area (Å²) in [5, 5.41) is 0. The van der Waals surface area contributed by atoms with Crippen molar-refractivity contribution in [1.82, 2.24) is 19.7 Å². The van der Waals surface area contributed by atoms with Crippen LogP contribution in [0.2, 0.25) is 0 Å². The number of aryl methyl sites for hydroxylation is 2. The molecule has 1 aliphatic rings. The number of nitrogens with zero attached hydrogens (tertiary/aromatic N) is 3. The number of sulfonamides is 1. The number of hydrogen-bond donors (Lipinski definition) is 2. The minimum atomic E-state index is -3.59. The van der Waals surface area contributed by atoms with Gasteiger partial charge in [0.1, 0.15) is 4.21 Å². The number of thiophene rings is 1. The highest BCUT2D eigenvalue weighted by molar-refractivity contribution is 9.11. The molecule has 2 aromatic rings. The molecule has 146 valence electrons. The van der Waals surface area contributed by atoms with Crippen LogP contribution in [0.3, 0.4) is 0 Å².